The maximum atomic E-state index is 4.74. The molecule has 0 bridgehead atoms. The first-order valence-corrected chi connectivity index (χ1v) is 14.7. The van der Waals surface area contributed by atoms with Gasteiger partial charge in [0.05, 0.1) is 16.6 Å². The molecule has 0 spiro atoms. The van der Waals surface area contributed by atoms with E-state index in [0.717, 1.165) is 22.2 Å². The fourth-order valence-electron chi connectivity index (χ4n) is 6.93. The zero-order valence-electron chi connectivity index (χ0n) is 23.4. The van der Waals surface area contributed by atoms with Gasteiger partial charge in [0.1, 0.15) is 0 Å². The number of hydrogen-bond acceptors (Lipinski definition) is 1. The minimum Gasteiger partial charge on any atom is -0.308 e. The molecule has 43 heavy (non-hydrogen) atoms. The van der Waals surface area contributed by atoms with Crippen molar-refractivity contribution in [3.63, 3.8) is 0 Å². The van der Waals surface area contributed by atoms with E-state index in [0.29, 0.717) is 0 Å². The van der Waals surface area contributed by atoms with Gasteiger partial charge in [-0.1, -0.05) is 115 Å². The summed E-state index contributed by atoms with van der Waals surface area (Å²) in [6, 6.07) is 55.0. The number of benzene rings is 6. The molecule has 8 aromatic rings. The molecule has 0 aliphatic heterocycles. The van der Waals surface area contributed by atoms with Crippen LogP contribution in [0.3, 0.4) is 0 Å². The fourth-order valence-corrected chi connectivity index (χ4v) is 6.93. The molecule has 2 nitrogen and oxygen atoms in total. The highest BCUT2D eigenvalue weighted by Gasteiger charge is 2.22. The minimum absolute atomic E-state index is 1.03. The predicted molar refractivity (Wildman–Crippen MR) is 179 cm³/mol. The van der Waals surface area contributed by atoms with Gasteiger partial charge in [-0.25, -0.2) is 0 Å². The largest absolute Gasteiger partial charge is 0.308 e. The highest BCUT2D eigenvalue weighted by Crippen LogP contribution is 2.48. The Bertz CT molecular complexity index is 2300. The van der Waals surface area contributed by atoms with Gasteiger partial charge >= 0.3 is 0 Å². The Balaban J connectivity index is 1.27. The zero-order chi connectivity index (χ0) is 28.3. The van der Waals surface area contributed by atoms with E-state index in [1.807, 2.05) is 12.3 Å². The SMILES string of the molecule is c1cc(-c2ccc3c(c2)-c2ccccc2-c2ccccc2-c2ccccc2-3)cc(-n2c3ccccc3c3ncccc32)c1. The van der Waals surface area contributed by atoms with Crippen molar-refractivity contribution in [3.05, 3.63) is 158 Å². The second-order valence-electron chi connectivity index (χ2n) is 11.2. The molecule has 1 aliphatic carbocycles. The summed E-state index contributed by atoms with van der Waals surface area (Å²) in [7, 11) is 0. The standard InChI is InChI=1S/C41H26N2/c1-2-14-31-30(13-1)32-15-3-4-17-34(32)36-23-22-28(26-38(36)35-18-6-5-16-33(31)35)27-11-9-12-29(25-27)43-39-20-8-7-19-37(39)41-40(43)21-10-24-42-41/h1-26H. The number of hydrogen-bond donors (Lipinski definition) is 0. The number of para-hydroxylation sites is 1. The molecule has 0 saturated carbocycles. The monoisotopic (exact) mass is 546 g/mol. The average molecular weight is 547 g/mol. The quantitative estimate of drug-likeness (QED) is 0.211. The number of rotatable bonds is 2. The average Bonchev–Trinajstić information content (AvgIpc) is 3.42. The van der Waals surface area contributed by atoms with Crippen molar-refractivity contribution in [1.82, 2.24) is 9.55 Å². The van der Waals surface area contributed by atoms with Crippen LogP contribution in [0.5, 0.6) is 0 Å². The van der Waals surface area contributed by atoms with E-state index in [1.165, 1.54) is 61.0 Å². The van der Waals surface area contributed by atoms with Crippen LogP contribution >= 0.6 is 0 Å². The molecule has 0 fully saturated rings. The predicted octanol–water partition coefficient (Wildman–Crippen LogP) is 10.8. The summed E-state index contributed by atoms with van der Waals surface area (Å²) < 4.78 is 2.33. The Hall–Kier alpha value is -5.73. The van der Waals surface area contributed by atoms with E-state index >= 15 is 0 Å². The summed E-state index contributed by atoms with van der Waals surface area (Å²) in [5.41, 5.74) is 16.9. The third kappa shape index (κ3) is 3.63. The molecule has 0 unspecified atom stereocenters. The molecule has 0 N–H and O–H groups in total. The summed E-state index contributed by atoms with van der Waals surface area (Å²) in [5, 5.41) is 1.17. The van der Waals surface area contributed by atoms with Crippen LogP contribution in [0.15, 0.2) is 158 Å². The first-order chi connectivity index (χ1) is 21.3. The fraction of sp³-hybridized carbons (Fsp3) is 0. The molecule has 0 radical (unpaired) electrons. The zero-order valence-corrected chi connectivity index (χ0v) is 23.4. The molecular weight excluding hydrogens is 520 g/mol. The lowest BCUT2D eigenvalue weighted by Gasteiger charge is -2.23. The molecule has 6 aromatic carbocycles. The lowest BCUT2D eigenvalue weighted by molar-refractivity contribution is 1.18. The van der Waals surface area contributed by atoms with Crippen molar-refractivity contribution >= 4 is 21.9 Å². The van der Waals surface area contributed by atoms with Gasteiger partial charge in [-0.2, -0.15) is 0 Å². The summed E-state index contributed by atoms with van der Waals surface area (Å²) in [4.78, 5) is 4.74. The first kappa shape index (κ1) is 23.9. The lowest BCUT2D eigenvalue weighted by atomic mass is 9.80. The van der Waals surface area contributed by atoms with Gasteiger partial charge in [0.2, 0.25) is 0 Å². The molecule has 2 heteroatoms. The first-order valence-electron chi connectivity index (χ1n) is 14.7. The smallest absolute Gasteiger partial charge is 0.0963 e. The molecule has 2 heterocycles. The number of fused-ring (bicyclic) bond motifs is 11. The van der Waals surface area contributed by atoms with E-state index in [2.05, 4.69) is 150 Å². The van der Waals surface area contributed by atoms with Gasteiger partial charge in [-0.15, -0.1) is 0 Å². The van der Waals surface area contributed by atoms with Gasteiger partial charge in [-0.05, 0) is 92.0 Å². The lowest BCUT2D eigenvalue weighted by Crippen LogP contribution is -1.97. The second-order valence-corrected chi connectivity index (χ2v) is 11.2. The topological polar surface area (TPSA) is 17.8 Å². The summed E-state index contributed by atoms with van der Waals surface area (Å²) in [5.74, 6) is 0. The van der Waals surface area contributed by atoms with E-state index < -0.39 is 0 Å². The highest BCUT2D eigenvalue weighted by molar-refractivity contribution is 6.07. The van der Waals surface area contributed by atoms with Crippen LogP contribution in [0, 0.1) is 0 Å². The second kappa shape index (κ2) is 9.40. The summed E-state index contributed by atoms with van der Waals surface area (Å²) in [6.45, 7) is 0. The minimum atomic E-state index is 1.03. The molecule has 0 amide bonds. The van der Waals surface area contributed by atoms with E-state index in [1.54, 1.807) is 0 Å². The van der Waals surface area contributed by atoms with Crippen LogP contribution in [0.2, 0.25) is 0 Å². The van der Waals surface area contributed by atoms with E-state index in [-0.39, 0.29) is 0 Å². The van der Waals surface area contributed by atoms with Crippen molar-refractivity contribution in [2.45, 2.75) is 0 Å². The molecule has 200 valence electrons. The van der Waals surface area contributed by atoms with Crippen LogP contribution in [-0.4, -0.2) is 9.55 Å². The Labute approximate surface area is 250 Å². The molecule has 9 rings (SSSR count). The van der Waals surface area contributed by atoms with Crippen molar-refractivity contribution in [3.8, 4) is 61.3 Å². The van der Waals surface area contributed by atoms with Crippen LogP contribution in [0.25, 0.3) is 83.3 Å². The van der Waals surface area contributed by atoms with Crippen LogP contribution in [0.4, 0.5) is 0 Å². The van der Waals surface area contributed by atoms with Crippen LogP contribution in [0.1, 0.15) is 0 Å². The van der Waals surface area contributed by atoms with E-state index in [4.69, 9.17) is 4.98 Å². The van der Waals surface area contributed by atoms with Gasteiger partial charge in [0.25, 0.3) is 0 Å². The van der Waals surface area contributed by atoms with Crippen LogP contribution in [-0.2, 0) is 0 Å². The Morgan fingerprint density at radius 1 is 0.372 bits per heavy atom. The number of aromatic nitrogens is 2. The van der Waals surface area contributed by atoms with Crippen molar-refractivity contribution in [2.75, 3.05) is 0 Å². The molecule has 0 atom stereocenters. The van der Waals surface area contributed by atoms with Crippen molar-refractivity contribution in [1.29, 1.82) is 0 Å². The normalized spacial score (nSPS) is 11.7. The molecule has 2 aromatic heterocycles. The summed E-state index contributed by atoms with van der Waals surface area (Å²) >= 11 is 0. The Kier molecular flexibility index (Phi) is 5.23. The number of pyridine rings is 1. The highest BCUT2D eigenvalue weighted by atomic mass is 15.0. The molecular formula is C41H26N2. The Morgan fingerprint density at radius 3 is 1.58 bits per heavy atom. The van der Waals surface area contributed by atoms with Gasteiger partial charge in [0.15, 0.2) is 0 Å². The van der Waals surface area contributed by atoms with Crippen LogP contribution < -0.4 is 0 Å². The third-order valence-corrected chi connectivity index (χ3v) is 8.83. The summed E-state index contributed by atoms with van der Waals surface area (Å²) in [6.07, 6.45) is 1.88. The van der Waals surface area contributed by atoms with E-state index in [9.17, 15) is 0 Å². The van der Waals surface area contributed by atoms with Gasteiger partial charge in [0, 0.05) is 17.3 Å². The van der Waals surface area contributed by atoms with Gasteiger partial charge < -0.3 is 4.57 Å². The number of nitrogens with zero attached hydrogens (tertiary/aromatic N) is 2. The van der Waals surface area contributed by atoms with Gasteiger partial charge in [-0.3, -0.25) is 4.98 Å². The molecule has 1 aliphatic rings. The Morgan fingerprint density at radius 2 is 0.907 bits per heavy atom. The van der Waals surface area contributed by atoms with Crippen molar-refractivity contribution in [2.24, 2.45) is 0 Å². The maximum absolute atomic E-state index is 4.74. The molecule has 0 saturated heterocycles. The van der Waals surface area contributed by atoms with Crippen molar-refractivity contribution < 1.29 is 0 Å². The third-order valence-electron chi connectivity index (χ3n) is 8.83. The maximum Gasteiger partial charge on any atom is 0.0963 e.